The first kappa shape index (κ1) is 39.0. The van der Waals surface area contributed by atoms with Gasteiger partial charge >= 0.3 is 0 Å². The van der Waals surface area contributed by atoms with Crippen LogP contribution in [0.3, 0.4) is 0 Å². The Hall–Kier alpha value is -4.80. The summed E-state index contributed by atoms with van der Waals surface area (Å²) in [7, 11) is 0. The lowest BCUT2D eigenvalue weighted by atomic mass is 9.65. The lowest BCUT2D eigenvalue weighted by Crippen LogP contribution is -2.32. The highest BCUT2D eigenvalue weighted by Gasteiger charge is 2.49. The van der Waals surface area contributed by atoms with E-state index in [4.69, 9.17) is 8.75 Å². The summed E-state index contributed by atoms with van der Waals surface area (Å²) in [6.45, 7) is 4.64. The van der Waals surface area contributed by atoms with Crippen LogP contribution in [-0.4, -0.2) is 8.75 Å². The van der Waals surface area contributed by atoms with Gasteiger partial charge in [-0.2, -0.15) is 8.75 Å². The second kappa shape index (κ2) is 18.6. The molecule has 0 aliphatic heterocycles. The number of nitrogens with zero attached hydrogens (tertiary/aromatic N) is 3. The van der Waals surface area contributed by atoms with E-state index >= 15 is 0 Å². The monoisotopic (exact) mass is 769 g/mol. The molecule has 57 heavy (non-hydrogen) atoms. The van der Waals surface area contributed by atoms with Crippen LogP contribution in [0.1, 0.15) is 121 Å². The number of rotatable bonds is 19. The molecule has 2 unspecified atom stereocenters. The highest BCUT2D eigenvalue weighted by molar-refractivity contribution is 7.00. The molecule has 2 atom stereocenters. The smallest absolute Gasteiger partial charge is 0.113 e. The minimum atomic E-state index is 0.168. The van der Waals surface area contributed by atoms with E-state index in [0.717, 1.165) is 39.2 Å². The van der Waals surface area contributed by atoms with Crippen molar-refractivity contribution in [3.63, 3.8) is 0 Å². The molecule has 0 bridgehead atoms. The molecule has 292 valence electrons. The third-order valence-electron chi connectivity index (χ3n) is 12.9. The third kappa shape index (κ3) is 8.30. The van der Waals surface area contributed by atoms with E-state index in [-0.39, 0.29) is 5.41 Å². The van der Waals surface area contributed by atoms with Gasteiger partial charge in [-0.05, 0) is 77.4 Å². The molecule has 5 aromatic carbocycles. The summed E-state index contributed by atoms with van der Waals surface area (Å²) < 4.78 is 9.92. The number of para-hydroxylation sites is 2. The van der Waals surface area contributed by atoms with Crippen molar-refractivity contribution in [1.82, 2.24) is 8.75 Å². The predicted molar refractivity (Wildman–Crippen MR) is 245 cm³/mol. The fourth-order valence-corrected chi connectivity index (χ4v) is 10.5. The van der Waals surface area contributed by atoms with Gasteiger partial charge in [0.05, 0.1) is 11.7 Å². The van der Waals surface area contributed by atoms with Crippen molar-refractivity contribution in [2.75, 3.05) is 4.90 Å². The van der Waals surface area contributed by atoms with Crippen LogP contribution in [0.15, 0.2) is 140 Å². The molecule has 0 fully saturated rings. The molecule has 6 aromatic rings. The van der Waals surface area contributed by atoms with Gasteiger partial charge in [-0.25, -0.2) is 0 Å². The van der Waals surface area contributed by atoms with Gasteiger partial charge in [0.1, 0.15) is 11.0 Å². The summed E-state index contributed by atoms with van der Waals surface area (Å²) in [5.41, 5.74) is 13.4. The first-order valence-corrected chi connectivity index (χ1v) is 22.7. The molecule has 4 heteroatoms. The second-order valence-electron chi connectivity index (χ2n) is 16.5. The van der Waals surface area contributed by atoms with Gasteiger partial charge in [-0.3, -0.25) is 0 Å². The van der Waals surface area contributed by atoms with E-state index in [1.165, 1.54) is 113 Å². The van der Waals surface area contributed by atoms with Gasteiger partial charge in [-0.15, -0.1) is 0 Å². The number of benzene rings is 5. The average molecular weight is 770 g/mol. The molecule has 8 rings (SSSR count). The molecule has 3 nitrogen and oxygen atoms in total. The lowest BCUT2D eigenvalue weighted by molar-refractivity contribution is 0.264. The molecule has 2 aliphatic carbocycles. The van der Waals surface area contributed by atoms with Gasteiger partial charge in [0.25, 0.3) is 0 Å². The number of anilines is 3. The first-order chi connectivity index (χ1) is 28.2. The maximum absolute atomic E-state index is 4.98. The zero-order valence-electron chi connectivity index (χ0n) is 34.1. The number of unbranched alkanes of at least 4 members (excludes halogenated alkanes) is 10. The van der Waals surface area contributed by atoms with Gasteiger partial charge < -0.3 is 4.90 Å². The Morgan fingerprint density at radius 1 is 0.526 bits per heavy atom. The maximum Gasteiger partial charge on any atom is 0.113 e. The van der Waals surface area contributed by atoms with Crippen molar-refractivity contribution in [3.05, 3.63) is 151 Å². The van der Waals surface area contributed by atoms with Crippen LogP contribution in [0.5, 0.6) is 0 Å². The van der Waals surface area contributed by atoms with Gasteiger partial charge in [0.2, 0.25) is 0 Å². The summed E-state index contributed by atoms with van der Waals surface area (Å²) in [4.78, 5) is 2.31. The van der Waals surface area contributed by atoms with E-state index in [0.29, 0.717) is 11.8 Å². The molecule has 0 N–H and O–H groups in total. The fraction of sp³-hybridized carbons (Fsp3) is 0.358. The number of hydrogen-bond acceptors (Lipinski definition) is 4. The van der Waals surface area contributed by atoms with E-state index < -0.39 is 0 Å². The van der Waals surface area contributed by atoms with Crippen LogP contribution in [-0.2, 0) is 5.41 Å². The topological polar surface area (TPSA) is 29.0 Å². The second-order valence-corrected chi connectivity index (χ2v) is 17.0. The quantitative estimate of drug-likeness (QED) is 0.0768. The van der Waals surface area contributed by atoms with Crippen molar-refractivity contribution in [1.29, 1.82) is 0 Å². The SMILES string of the molecule is CCCCCCCCC1(CCCCCCCC)c2cc(-c3ccc(-c4ccc(N(c5ccccc5)c5ccccc5)cc4)c4nsnc34)ccc2C2C=CC=CC21. The van der Waals surface area contributed by atoms with Crippen LogP contribution in [0.2, 0.25) is 0 Å². The van der Waals surface area contributed by atoms with Crippen molar-refractivity contribution in [2.24, 2.45) is 5.92 Å². The molecular weight excluding hydrogens is 711 g/mol. The number of fused-ring (bicyclic) bond motifs is 4. The minimum Gasteiger partial charge on any atom is -0.311 e. The van der Waals surface area contributed by atoms with Crippen molar-refractivity contribution in [3.8, 4) is 22.3 Å². The van der Waals surface area contributed by atoms with Crippen LogP contribution >= 0.6 is 11.7 Å². The average Bonchev–Trinajstić information content (AvgIpc) is 3.86. The lowest BCUT2D eigenvalue weighted by Gasteiger charge is -2.38. The molecule has 2 aliphatic rings. The number of hydrogen-bond donors (Lipinski definition) is 0. The van der Waals surface area contributed by atoms with Crippen LogP contribution in [0, 0.1) is 5.92 Å². The number of allylic oxidation sites excluding steroid dienone is 4. The van der Waals surface area contributed by atoms with Crippen molar-refractivity contribution in [2.45, 2.75) is 115 Å². The highest BCUT2D eigenvalue weighted by atomic mass is 32.1. The van der Waals surface area contributed by atoms with Crippen LogP contribution in [0.25, 0.3) is 33.3 Å². The Balaban J connectivity index is 1.12. The summed E-state index contributed by atoms with van der Waals surface area (Å²) >= 11 is 1.33. The van der Waals surface area contributed by atoms with Crippen molar-refractivity contribution >= 4 is 39.8 Å². The Labute approximate surface area is 345 Å². The molecule has 0 amide bonds. The summed E-state index contributed by atoms with van der Waals surface area (Å²) in [6, 6.07) is 42.1. The normalized spacial score (nSPS) is 16.5. The third-order valence-corrected chi connectivity index (χ3v) is 13.4. The van der Waals surface area contributed by atoms with E-state index in [1.54, 1.807) is 11.1 Å². The Morgan fingerprint density at radius 2 is 1.04 bits per heavy atom. The molecule has 1 heterocycles. The Kier molecular flexibility index (Phi) is 12.8. The van der Waals surface area contributed by atoms with Crippen LogP contribution < -0.4 is 4.90 Å². The molecular formula is C53H59N3S. The largest absolute Gasteiger partial charge is 0.311 e. The van der Waals surface area contributed by atoms with Crippen LogP contribution in [0.4, 0.5) is 17.1 Å². The highest BCUT2D eigenvalue weighted by Crippen LogP contribution is 2.58. The molecule has 0 saturated heterocycles. The zero-order chi connectivity index (χ0) is 38.9. The standard InChI is InChI=1S/C53H59N3S/c1-3-5-7-9-11-21-37-53(38-22-12-10-8-6-4-2)49-28-20-19-27-47(49)48-34-31-41(39-50(48)53)46-36-35-45(51-52(46)55-57-54-51)40-29-32-44(33-30-40)56(42-23-15-13-16-24-42)43-25-17-14-18-26-43/h13-20,23-36,39,47,49H,3-12,21-22,37-38H2,1-2H3. The van der Waals surface area contributed by atoms with Crippen molar-refractivity contribution < 1.29 is 0 Å². The van der Waals surface area contributed by atoms with E-state index in [2.05, 4.69) is 158 Å². The Morgan fingerprint density at radius 3 is 1.63 bits per heavy atom. The van der Waals surface area contributed by atoms with Gasteiger partial charge in [0, 0.05) is 39.5 Å². The van der Waals surface area contributed by atoms with Gasteiger partial charge in [0.15, 0.2) is 0 Å². The summed E-state index contributed by atoms with van der Waals surface area (Å²) in [5.74, 6) is 0.996. The zero-order valence-corrected chi connectivity index (χ0v) is 34.9. The molecule has 0 saturated carbocycles. The molecule has 0 spiro atoms. The Bertz CT molecular complexity index is 2200. The molecule has 1 aromatic heterocycles. The minimum absolute atomic E-state index is 0.168. The first-order valence-electron chi connectivity index (χ1n) is 22.0. The summed E-state index contributed by atoms with van der Waals surface area (Å²) in [5, 5.41) is 0. The van der Waals surface area contributed by atoms with Gasteiger partial charge in [-0.1, -0.05) is 194 Å². The predicted octanol–water partition coefficient (Wildman–Crippen LogP) is 16.1. The number of aromatic nitrogens is 2. The van der Waals surface area contributed by atoms with E-state index in [9.17, 15) is 0 Å². The fourth-order valence-electron chi connectivity index (χ4n) is 9.95. The van der Waals surface area contributed by atoms with E-state index in [1.807, 2.05) is 0 Å². The summed E-state index contributed by atoms with van der Waals surface area (Å²) in [6.07, 6.45) is 28.3. The maximum atomic E-state index is 4.98. The molecule has 0 radical (unpaired) electrons.